The van der Waals surface area contributed by atoms with Gasteiger partial charge in [-0.3, -0.25) is 4.79 Å². The molecule has 0 bridgehead atoms. The van der Waals surface area contributed by atoms with E-state index in [0.717, 1.165) is 12.8 Å². The molecular formula is C16H32N2O3. The van der Waals surface area contributed by atoms with E-state index in [4.69, 9.17) is 16.6 Å². The lowest BCUT2D eigenvalue weighted by atomic mass is 9.88. The molecule has 0 saturated heterocycles. The van der Waals surface area contributed by atoms with Gasteiger partial charge >= 0.3 is 5.97 Å². The SMILES string of the molecule is CCCCCCCCCCCC(=O)C(N)(CCN)C(=O)O. The number of carboxylic acids is 1. The molecule has 0 aliphatic heterocycles. The molecule has 0 aromatic heterocycles. The highest BCUT2D eigenvalue weighted by atomic mass is 16.4. The highest BCUT2D eigenvalue weighted by Crippen LogP contribution is 2.15. The molecule has 0 aliphatic rings. The zero-order valence-electron chi connectivity index (χ0n) is 13.4. The van der Waals surface area contributed by atoms with Crippen LogP contribution in [0.3, 0.4) is 0 Å². The Bertz CT molecular complexity index is 308. The quantitative estimate of drug-likeness (QED) is 0.338. The maximum Gasteiger partial charge on any atom is 0.331 e. The second-order valence-corrected chi connectivity index (χ2v) is 5.82. The van der Waals surface area contributed by atoms with Crippen LogP contribution in [-0.4, -0.2) is 28.9 Å². The van der Waals surface area contributed by atoms with Gasteiger partial charge in [0.1, 0.15) is 0 Å². The van der Waals surface area contributed by atoms with Gasteiger partial charge in [0.15, 0.2) is 11.3 Å². The number of unbranched alkanes of at least 4 members (excludes halogenated alkanes) is 8. The van der Waals surface area contributed by atoms with Gasteiger partial charge < -0.3 is 16.6 Å². The van der Waals surface area contributed by atoms with Crippen LogP contribution in [0.5, 0.6) is 0 Å². The number of Topliss-reactive ketones (excluding diaryl/α,β-unsaturated/α-hetero) is 1. The Kier molecular flexibility index (Phi) is 11.2. The fraction of sp³-hybridized carbons (Fsp3) is 0.875. The molecule has 124 valence electrons. The van der Waals surface area contributed by atoms with Crippen LogP contribution >= 0.6 is 0 Å². The molecule has 0 spiro atoms. The van der Waals surface area contributed by atoms with E-state index in [1.54, 1.807) is 0 Å². The van der Waals surface area contributed by atoms with Gasteiger partial charge in [0, 0.05) is 6.42 Å². The average Bonchev–Trinajstić information content (AvgIpc) is 2.45. The van der Waals surface area contributed by atoms with Crippen molar-refractivity contribution in [2.24, 2.45) is 11.5 Å². The van der Waals surface area contributed by atoms with Crippen molar-refractivity contribution in [3.63, 3.8) is 0 Å². The van der Waals surface area contributed by atoms with Crippen molar-refractivity contribution >= 4 is 11.8 Å². The van der Waals surface area contributed by atoms with Crippen molar-refractivity contribution < 1.29 is 14.7 Å². The van der Waals surface area contributed by atoms with Crippen LogP contribution in [0, 0.1) is 0 Å². The second-order valence-electron chi connectivity index (χ2n) is 5.82. The third-order valence-electron chi connectivity index (χ3n) is 3.93. The summed E-state index contributed by atoms with van der Waals surface area (Å²) >= 11 is 0. The number of ketones is 1. The topological polar surface area (TPSA) is 106 Å². The number of carbonyl (C=O) groups excluding carboxylic acids is 1. The molecule has 0 aliphatic carbocycles. The van der Waals surface area contributed by atoms with Crippen molar-refractivity contribution in [2.45, 2.75) is 83.1 Å². The van der Waals surface area contributed by atoms with Crippen molar-refractivity contribution in [1.82, 2.24) is 0 Å². The minimum Gasteiger partial charge on any atom is -0.480 e. The molecule has 0 radical (unpaired) electrons. The summed E-state index contributed by atoms with van der Waals surface area (Å²) < 4.78 is 0. The number of nitrogens with two attached hydrogens (primary N) is 2. The van der Waals surface area contributed by atoms with Gasteiger partial charge in [0.2, 0.25) is 0 Å². The van der Waals surface area contributed by atoms with Crippen molar-refractivity contribution in [3.8, 4) is 0 Å². The molecule has 1 unspecified atom stereocenters. The molecule has 0 aromatic rings. The molecule has 0 fully saturated rings. The lowest BCUT2D eigenvalue weighted by Crippen LogP contribution is -2.56. The predicted molar refractivity (Wildman–Crippen MR) is 85.1 cm³/mol. The Balaban J connectivity index is 3.76. The Morgan fingerprint density at radius 2 is 1.43 bits per heavy atom. The molecule has 0 heterocycles. The number of carboxylic acid groups (broad SMARTS) is 1. The Labute approximate surface area is 128 Å². The van der Waals surface area contributed by atoms with Crippen LogP contribution in [0.15, 0.2) is 0 Å². The minimum atomic E-state index is -1.80. The Morgan fingerprint density at radius 1 is 0.952 bits per heavy atom. The van der Waals surface area contributed by atoms with E-state index in [0.29, 0.717) is 6.42 Å². The number of carbonyl (C=O) groups is 2. The standard InChI is InChI=1S/C16H32N2O3/c1-2-3-4-5-6-7-8-9-10-11-14(19)16(18,12-13-17)15(20)21/h2-13,17-18H2,1H3,(H,20,21). The van der Waals surface area contributed by atoms with Gasteiger partial charge in [-0.1, -0.05) is 58.3 Å². The lowest BCUT2D eigenvalue weighted by Gasteiger charge is -2.22. The molecule has 0 amide bonds. The summed E-state index contributed by atoms with van der Waals surface area (Å²) in [6.07, 6.45) is 10.6. The third-order valence-corrected chi connectivity index (χ3v) is 3.93. The summed E-state index contributed by atoms with van der Waals surface area (Å²) in [5.74, 6) is -1.67. The van der Waals surface area contributed by atoms with E-state index in [1.807, 2.05) is 0 Å². The van der Waals surface area contributed by atoms with E-state index in [1.165, 1.54) is 38.5 Å². The number of aliphatic carboxylic acids is 1. The summed E-state index contributed by atoms with van der Waals surface area (Å²) in [6, 6.07) is 0. The molecule has 5 nitrogen and oxygen atoms in total. The van der Waals surface area contributed by atoms with Crippen LogP contribution in [0.25, 0.3) is 0 Å². The molecule has 5 heteroatoms. The van der Waals surface area contributed by atoms with Crippen LogP contribution in [-0.2, 0) is 9.59 Å². The molecule has 0 aromatic carbocycles. The van der Waals surface area contributed by atoms with Gasteiger partial charge in [-0.2, -0.15) is 0 Å². The van der Waals surface area contributed by atoms with Crippen LogP contribution in [0.1, 0.15) is 77.6 Å². The first-order chi connectivity index (χ1) is 9.99. The van der Waals surface area contributed by atoms with E-state index < -0.39 is 17.3 Å². The first-order valence-corrected chi connectivity index (χ1v) is 8.24. The van der Waals surface area contributed by atoms with E-state index >= 15 is 0 Å². The fourth-order valence-electron chi connectivity index (χ4n) is 2.41. The van der Waals surface area contributed by atoms with Gasteiger partial charge in [-0.05, 0) is 19.4 Å². The summed E-state index contributed by atoms with van der Waals surface area (Å²) in [5, 5.41) is 9.08. The van der Waals surface area contributed by atoms with Gasteiger partial charge in [-0.25, -0.2) is 4.79 Å². The van der Waals surface area contributed by atoms with Crippen molar-refractivity contribution in [3.05, 3.63) is 0 Å². The molecule has 0 saturated carbocycles. The summed E-state index contributed by atoms with van der Waals surface area (Å²) in [4.78, 5) is 23.1. The highest BCUT2D eigenvalue weighted by Gasteiger charge is 2.40. The van der Waals surface area contributed by atoms with Gasteiger partial charge in [0.25, 0.3) is 0 Å². The first-order valence-electron chi connectivity index (χ1n) is 8.24. The Morgan fingerprint density at radius 3 is 1.86 bits per heavy atom. The zero-order chi connectivity index (χ0) is 16.1. The molecule has 1 atom stereocenters. The maximum atomic E-state index is 11.9. The molecular weight excluding hydrogens is 268 g/mol. The number of hydrogen-bond acceptors (Lipinski definition) is 4. The second kappa shape index (κ2) is 11.7. The summed E-state index contributed by atoms with van der Waals surface area (Å²) in [6.45, 7) is 2.31. The van der Waals surface area contributed by atoms with Crippen LogP contribution < -0.4 is 11.5 Å². The summed E-state index contributed by atoms with van der Waals surface area (Å²) in [7, 11) is 0. The largest absolute Gasteiger partial charge is 0.480 e. The first kappa shape index (κ1) is 20.1. The predicted octanol–water partition coefficient (Wildman–Crippen LogP) is 2.61. The third kappa shape index (κ3) is 8.17. The normalized spacial score (nSPS) is 13.9. The molecule has 21 heavy (non-hydrogen) atoms. The van der Waals surface area contributed by atoms with Gasteiger partial charge in [0.05, 0.1) is 0 Å². The van der Waals surface area contributed by atoms with Crippen molar-refractivity contribution in [1.29, 1.82) is 0 Å². The van der Waals surface area contributed by atoms with Crippen molar-refractivity contribution in [2.75, 3.05) is 6.54 Å². The van der Waals surface area contributed by atoms with Gasteiger partial charge in [-0.15, -0.1) is 0 Å². The number of rotatable bonds is 14. The fourth-order valence-corrected chi connectivity index (χ4v) is 2.41. The number of hydrogen-bond donors (Lipinski definition) is 3. The minimum absolute atomic E-state index is 0.00139. The highest BCUT2D eigenvalue weighted by molar-refractivity contribution is 6.07. The van der Waals surface area contributed by atoms with E-state index in [2.05, 4.69) is 6.92 Å². The van der Waals surface area contributed by atoms with E-state index in [-0.39, 0.29) is 19.4 Å². The summed E-state index contributed by atoms with van der Waals surface area (Å²) in [5.41, 5.74) is 9.22. The zero-order valence-corrected chi connectivity index (χ0v) is 13.4. The van der Waals surface area contributed by atoms with Crippen LogP contribution in [0.2, 0.25) is 0 Å². The average molecular weight is 300 g/mol. The van der Waals surface area contributed by atoms with Crippen LogP contribution in [0.4, 0.5) is 0 Å². The molecule has 0 rings (SSSR count). The monoisotopic (exact) mass is 300 g/mol. The maximum absolute atomic E-state index is 11.9. The van der Waals surface area contributed by atoms with E-state index in [9.17, 15) is 9.59 Å². The Hall–Kier alpha value is -0.940. The molecule has 5 N–H and O–H groups in total. The smallest absolute Gasteiger partial charge is 0.331 e. The lowest BCUT2D eigenvalue weighted by molar-refractivity contribution is -0.148.